The third-order valence-electron chi connectivity index (χ3n) is 4.10. The lowest BCUT2D eigenvalue weighted by molar-refractivity contribution is -0.386. The molecule has 0 bridgehead atoms. The van der Waals surface area contributed by atoms with Gasteiger partial charge in [-0.2, -0.15) is 5.10 Å². The van der Waals surface area contributed by atoms with Crippen LogP contribution < -0.4 is 10.1 Å². The highest BCUT2D eigenvalue weighted by Crippen LogP contribution is 2.36. The van der Waals surface area contributed by atoms with E-state index >= 15 is 0 Å². The summed E-state index contributed by atoms with van der Waals surface area (Å²) in [6, 6.07) is 3.35. The number of hydrogen-bond donors (Lipinski definition) is 1. The maximum absolute atomic E-state index is 11.5. The third-order valence-corrected chi connectivity index (χ3v) is 4.10. The number of nitro benzene ring substituents is 1. The first-order valence-electron chi connectivity index (χ1n) is 7.70. The maximum Gasteiger partial charge on any atom is 0.311 e. The van der Waals surface area contributed by atoms with Crippen LogP contribution in [0.2, 0.25) is 0 Å². The van der Waals surface area contributed by atoms with Crippen LogP contribution in [0.3, 0.4) is 0 Å². The van der Waals surface area contributed by atoms with Crippen molar-refractivity contribution in [2.75, 3.05) is 13.1 Å². The van der Waals surface area contributed by atoms with Gasteiger partial charge in [0.25, 0.3) is 0 Å². The molecule has 122 valence electrons. The molecule has 7 nitrogen and oxygen atoms in total. The van der Waals surface area contributed by atoms with Gasteiger partial charge in [0.15, 0.2) is 5.75 Å². The van der Waals surface area contributed by atoms with E-state index in [2.05, 4.69) is 10.4 Å². The van der Waals surface area contributed by atoms with Crippen molar-refractivity contribution in [3.05, 3.63) is 40.2 Å². The van der Waals surface area contributed by atoms with E-state index in [0.717, 1.165) is 42.6 Å². The summed E-state index contributed by atoms with van der Waals surface area (Å²) in [6.45, 7) is 3.69. The highest BCUT2D eigenvalue weighted by molar-refractivity contribution is 5.71. The molecule has 23 heavy (non-hydrogen) atoms. The van der Waals surface area contributed by atoms with E-state index in [9.17, 15) is 10.1 Å². The molecular formula is C16H20N4O3. The monoisotopic (exact) mass is 316 g/mol. The average Bonchev–Trinajstić information content (AvgIpc) is 2.94. The van der Waals surface area contributed by atoms with Crippen LogP contribution in [0.25, 0.3) is 11.1 Å². The van der Waals surface area contributed by atoms with Gasteiger partial charge < -0.3 is 10.1 Å². The molecular weight excluding hydrogens is 296 g/mol. The predicted octanol–water partition coefficient (Wildman–Crippen LogP) is 2.43. The fourth-order valence-electron chi connectivity index (χ4n) is 2.87. The second kappa shape index (κ2) is 6.37. The zero-order chi connectivity index (χ0) is 16.4. The smallest absolute Gasteiger partial charge is 0.311 e. The molecule has 2 heterocycles. The first kappa shape index (κ1) is 15.5. The molecule has 0 amide bonds. The Balaban J connectivity index is 1.96. The minimum absolute atomic E-state index is 0.00739. The van der Waals surface area contributed by atoms with Gasteiger partial charge in [-0.15, -0.1) is 0 Å². The zero-order valence-electron chi connectivity index (χ0n) is 13.3. The van der Waals surface area contributed by atoms with Crippen LogP contribution >= 0.6 is 0 Å². The van der Waals surface area contributed by atoms with Crippen molar-refractivity contribution in [3.8, 4) is 16.9 Å². The lowest BCUT2D eigenvalue weighted by Gasteiger charge is -2.24. The van der Waals surface area contributed by atoms with Crippen molar-refractivity contribution in [1.82, 2.24) is 15.1 Å². The van der Waals surface area contributed by atoms with Gasteiger partial charge >= 0.3 is 5.69 Å². The van der Waals surface area contributed by atoms with Crippen molar-refractivity contribution in [1.29, 1.82) is 0 Å². The lowest BCUT2D eigenvalue weighted by atomic mass is 10.0. The van der Waals surface area contributed by atoms with Crippen LogP contribution in [-0.4, -0.2) is 33.9 Å². The summed E-state index contributed by atoms with van der Waals surface area (Å²) in [7, 11) is 1.82. The number of hydrogen-bond acceptors (Lipinski definition) is 5. The summed E-state index contributed by atoms with van der Waals surface area (Å²) in [5, 5.41) is 18.8. The van der Waals surface area contributed by atoms with Gasteiger partial charge in [-0.1, -0.05) is 0 Å². The van der Waals surface area contributed by atoms with E-state index in [1.165, 1.54) is 0 Å². The Hall–Kier alpha value is -2.41. The molecule has 1 aromatic carbocycles. The Labute approximate surface area is 134 Å². The van der Waals surface area contributed by atoms with Gasteiger partial charge in [0, 0.05) is 24.9 Å². The minimum Gasteiger partial charge on any atom is -0.483 e. The van der Waals surface area contributed by atoms with Crippen LogP contribution in [0.1, 0.15) is 18.4 Å². The van der Waals surface area contributed by atoms with Crippen molar-refractivity contribution in [3.63, 3.8) is 0 Å². The van der Waals surface area contributed by atoms with Gasteiger partial charge in [-0.05, 0) is 50.0 Å². The van der Waals surface area contributed by atoms with Crippen LogP contribution in [0.15, 0.2) is 24.5 Å². The highest BCUT2D eigenvalue weighted by Gasteiger charge is 2.23. The topological polar surface area (TPSA) is 82.2 Å². The molecule has 0 aliphatic carbocycles. The van der Waals surface area contributed by atoms with Gasteiger partial charge in [0.1, 0.15) is 6.10 Å². The van der Waals surface area contributed by atoms with Gasteiger partial charge in [-0.3, -0.25) is 14.8 Å². The molecule has 0 atom stereocenters. The molecule has 1 N–H and O–H groups in total. The average molecular weight is 316 g/mol. The molecule has 7 heteroatoms. The predicted molar refractivity (Wildman–Crippen MR) is 86.6 cm³/mol. The quantitative estimate of drug-likeness (QED) is 0.692. The highest BCUT2D eigenvalue weighted by atomic mass is 16.6. The van der Waals surface area contributed by atoms with E-state index in [4.69, 9.17) is 4.74 Å². The first-order valence-corrected chi connectivity index (χ1v) is 7.70. The SMILES string of the molecule is Cc1cc(OC2CCNCC2)c([N+](=O)[O-])cc1-c1cnn(C)c1. The zero-order valence-corrected chi connectivity index (χ0v) is 13.3. The number of nitro groups is 1. The van der Waals surface area contributed by atoms with Crippen molar-refractivity contribution in [2.24, 2.45) is 7.05 Å². The molecule has 1 saturated heterocycles. The summed E-state index contributed by atoms with van der Waals surface area (Å²) in [5.41, 5.74) is 2.62. The van der Waals surface area contributed by atoms with Crippen LogP contribution in [0.5, 0.6) is 5.75 Å². The number of nitrogens with zero attached hydrogens (tertiary/aromatic N) is 3. The van der Waals surface area contributed by atoms with Crippen molar-refractivity contribution < 1.29 is 9.66 Å². The van der Waals surface area contributed by atoms with Gasteiger partial charge in [-0.25, -0.2) is 0 Å². The normalized spacial score (nSPS) is 15.6. The largest absolute Gasteiger partial charge is 0.483 e. The van der Waals surface area contributed by atoms with E-state index in [1.807, 2.05) is 20.2 Å². The standard InChI is InChI=1S/C16H20N4O3/c1-11-7-16(23-13-3-5-17-6-4-13)15(20(21)22)8-14(11)12-9-18-19(2)10-12/h7-10,13,17H,3-6H2,1-2H3. The van der Waals surface area contributed by atoms with Gasteiger partial charge in [0.2, 0.25) is 0 Å². The molecule has 1 aromatic heterocycles. The summed E-state index contributed by atoms with van der Waals surface area (Å²) in [5.74, 6) is 0.354. The summed E-state index contributed by atoms with van der Waals surface area (Å²) < 4.78 is 7.60. The molecule has 0 saturated carbocycles. The maximum atomic E-state index is 11.5. The van der Waals surface area contributed by atoms with E-state index in [0.29, 0.717) is 5.75 Å². The molecule has 1 aliphatic rings. The summed E-state index contributed by atoms with van der Waals surface area (Å²) in [6.07, 6.45) is 5.30. The van der Waals surface area contributed by atoms with Crippen molar-refractivity contribution >= 4 is 5.69 Å². The van der Waals surface area contributed by atoms with Crippen LogP contribution in [0.4, 0.5) is 5.69 Å². The Morgan fingerprint density at radius 2 is 2.13 bits per heavy atom. The number of benzene rings is 1. The third kappa shape index (κ3) is 3.34. The number of rotatable bonds is 4. The molecule has 0 spiro atoms. The Morgan fingerprint density at radius 3 is 2.74 bits per heavy atom. The van der Waals surface area contributed by atoms with Gasteiger partial charge in [0.05, 0.1) is 11.1 Å². The lowest BCUT2D eigenvalue weighted by Crippen LogP contribution is -2.34. The number of aromatic nitrogens is 2. The Bertz CT molecular complexity index is 720. The molecule has 0 unspecified atom stereocenters. The Kier molecular flexibility index (Phi) is 4.29. The fourth-order valence-corrected chi connectivity index (χ4v) is 2.87. The van der Waals surface area contributed by atoms with Crippen LogP contribution in [0, 0.1) is 17.0 Å². The van der Waals surface area contributed by atoms with E-state index < -0.39 is 0 Å². The second-order valence-electron chi connectivity index (χ2n) is 5.86. The molecule has 2 aromatic rings. The Morgan fingerprint density at radius 1 is 1.39 bits per heavy atom. The summed E-state index contributed by atoms with van der Waals surface area (Å²) >= 11 is 0. The minimum atomic E-state index is -0.379. The molecule has 3 rings (SSSR count). The first-order chi connectivity index (χ1) is 11.0. The number of aryl methyl sites for hydroxylation is 2. The van der Waals surface area contributed by atoms with Crippen molar-refractivity contribution in [2.45, 2.75) is 25.9 Å². The molecule has 1 aliphatic heterocycles. The number of piperidine rings is 1. The fraction of sp³-hybridized carbons (Fsp3) is 0.438. The summed E-state index contributed by atoms with van der Waals surface area (Å²) in [4.78, 5) is 11.1. The molecule has 0 radical (unpaired) electrons. The molecule has 1 fully saturated rings. The van der Waals surface area contributed by atoms with E-state index in [-0.39, 0.29) is 16.7 Å². The number of nitrogens with one attached hydrogen (secondary N) is 1. The second-order valence-corrected chi connectivity index (χ2v) is 5.86. The number of ether oxygens (including phenoxy) is 1. The van der Waals surface area contributed by atoms with Crippen LogP contribution in [-0.2, 0) is 7.05 Å². The van der Waals surface area contributed by atoms with E-state index in [1.54, 1.807) is 23.0 Å².